The van der Waals surface area contributed by atoms with Gasteiger partial charge in [0.05, 0.1) is 24.8 Å². The average molecular weight is 723 g/mol. The second kappa shape index (κ2) is 15.5. The molecule has 9 nitrogen and oxygen atoms in total. The van der Waals surface area contributed by atoms with Gasteiger partial charge in [0.15, 0.2) is 11.5 Å². The van der Waals surface area contributed by atoms with E-state index < -0.39 is 34.1 Å². The van der Waals surface area contributed by atoms with E-state index in [4.69, 9.17) is 9.47 Å². The summed E-state index contributed by atoms with van der Waals surface area (Å²) >= 11 is 3.50. The van der Waals surface area contributed by atoms with Gasteiger partial charge in [-0.2, -0.15) is 0 Å². The highest BCUT2D eigenvalue weighted by Gasteiger charge is 2.36. The Bertz CT molecular complexity index is 1780. The van der Waals surface area contributed by atoms with Gasteiger partial charge in [0.25, 0.3) is 10.0 Å². The van der Waals surface area contributed by atoms with Crippen molar-refractivity contribution >= 4 is 43.5 Å². The minimum absolute atomic E-state index is 0.00689. The molecule has 4 rings (SSSR count). The van der Waals surface area contributed by atoms with E-state index in [9.17, 15) is 18.0 Å². The molecule has 0 aliphatic rings. The van der Waals surface area contributed by atoms with Crippen LogP contribution in [0.2, 0.25) is 0 Å². The molecule has 4 aromatic rings. The molecule has 0 radical (unpaired) electrons. The summed E-state index contributed by atoms with van der Waals surface area (Å²) in [5.41, 5.74) is 1.22. The number of nitrogens with one attached hydrogen (secondary N) is 1. The first-order chi connectivity index (χ1) is 22.3. The van der Waals surface area contributed by atoms with Crippen molar-refractivity contribution in [2.45, 2.75) is 50.2 Å². The highest BCUT2D eigenvalue weighted by Crippen LogP contribution is 2.34. The Morgan fingerprint density at radius 1 is 0.809 bits per heavy atom. The molecule has 1 unspecified atom stereocenters. The summed E-state index contributed by atoms with van der Waals surface area (Å²) in [5.74, 6) is -0.224. The van der Waals surface area contributed by atoms with Crippen LogP contribution in [0.15, 0.2) is 112 Å². The van der Waals surface area contributed by atoms with Gasteiger partial charge in [-0.15, -0.1) is 0 Å². The quantitative estimate of drug-likeness (QED) is 0.176. The lowest BCUT2D eigenvalue weighted by Crippen LogP contribution is -2.56. The van der Waals surface area contributed by atoms with Gasteiger partial charge in [0.2, 0.25) is 11.8 Å². The summed E-state index contributed by atoms with van der Waals surface area (Å²) in [6, 6.07) is 28.5. The van der Waals surface area contributed by atoms with Crippen LogP contribution in [0.25, 0.3) is 0 Å². The molecule has 0 aliphatic heterocycles. The van der Waals surface area contributed by atoms with Crippen molar-refractivity contribution in [3.05, 3.63) is 119 Å². The van der Waals surface area contributed by atoms with E-state index in [0.29, 0.717) is 11.5 Å². The molecule has 1 N–H and O–H groups in total. The molecular formula is C36H40BrN3O6S. The SMILES string of the molecule is COc1ccc(N(CC(=O)N(Cc2cccc(Br)c2)C(Cc2ccccc2)C(=O)NC(C)(C)C)S(=O)(=O)c2ccccc2)cc1OC. The minimum atomic E-state index is -4.26. The molecule has 0 saturated heterocycles. The van der Waals surface area contributed by atoms with Gasteiger partial charge >= 0.3 is 0 Å². The Kier molecular flexibility index (Phi) is 11.7. The fraction of sp³-hybridized carbons (Fsp3) is 0.278. The number of nitrogens with zero attached hydrogens (tertiary/aromatic N) is 2. The Labute approximate surface area is 285 Å². The number of sulfonamides is 1. The molecule has 0 saturated carbocycles. The summed E-state index contributed by atoms with van der Waals surface area (Å²) in [4.78, 5) is 30.1. The summed E-state index contributed by atoms with van der Waals surface area (Å²) < 4.78 is 41.2. The molecule has 0 heterocycles. The summed E-state index contributed by atoms with van der Waals surface area (Å²) in [5, 5.41) is 3.04. The van der Waals surface area contributed by atoms with Gasteiger partial charge in [-0.25, -0.2) is 8.42 Å². The molecule has 0 aliphatic carbocycles. The number of ether oxygens (including phenoxy) is 2. The van der Waals surface area contributed by atoms with Gasteiger partial charge in [0, 0.05) is 29.0 Å². The number of methoxy groups -OCH3 is 2. The molecule has 1 atom stereocenters. The maximum atomic E-state index is 14.6. The fourth-order valence-electron chi connectivity index (χ4n) is 5.07. The zero-order valence-electron chi connectivity index (χ0n) is 27.1. The van der Waals surface area contributed by atoms with Crippen LogP contribution in [0.1, 0.15) is 31.9 Å². The predicted octanol–water partition coefficient (Wildman–Crippen LogP) is 6.22. The van der Waals surface area contributed by atoms with Crippen molar-refractivity contribution in [1.29, 1.82) is 0 Å². The molecular weight excluding hydrogens is 682 g/mol. The first kappa shape index (κ1) is 35.5. The second-order valence-electron chi connectivity index (χ2n) is 12.0. The third kappa shape index (κ3) is 9.36. The molecule has 0 spiro atoms. The summed E-state index contributed by atoms with van der Waals surface area (Å²) in [6.45, 7) is 5.08. The molecule has 0 fully saturated rings. The van der Waals surface area contributed by atoms with Crippen LogP contribution in [0.3, 0.4) is 0 Å². The molecule has 4 aromatic carbocycles. The van der Waals surface area contributed by atoms with E-state index in [1.54, 1.807) is 30.3 Å². The normalized spacial score (nSPS) is 12.1. The smallest absolute Gasteiger partial charge is 0.264 e. The van der Waals surface area contributed by atoms with E-state index in [-0.39, 0.29) is 29.5 Å². The first-order valence-corrected chi connectivity index (χ1v) is 17.3. The lowest BCUT2D eigenvalue weighted by molar-refractivity contribution is -0.140. The van der Waals surface area contributed by atoms with E-state index >= 15 is 0 Å². The Morgan fingerprint density at radius 3 is 2.02 bits per heavy atom. The van der Waals surface area contributed by atoms with E-state index in [1.165, 1.54) is 37.3 Å². The van der Waals surface area contributed by atoms with Crippen LogP contribution in [0, 0.1) is 0 Å². The van der Waals surface area contributed by atoms with Crippen molar-refractivity contribution in [2.75, 3.05) is 25.1 Å². The molecule has 248 valence electrons. The maximum absolute atomic E-state index is 14.6. The fourth-order valence-corrected chi connectivity index (χ4v) is 6.94. The molecule has 0 bridgehead atoms. The van der Waals surface area contributed by atoms with Crippen molar-refractivity contribution in [1.82, 2.24) is 10.2 Å². The highest BCUT2D eigenvalue weighted by molar-refractivity contribution is 9.10. The third-order valence-electron chi connectivity index (χ3n) is 7.28. The predicted molar refractivity (Wildman–Crippen MR) is 187 cm³/mol. The number of hydrogen-bond acceptors (Lipinski definition) is 6. The molecule has 0 aromatic heterocycles. The monoisotopic (exact) mass is 721 g/mol. The third-order valence-corrected chi connectivity index (χ3v) is 9.56. The van der Waals surface area contributed by atoms with E-state index in [1.807, 2.05) is 75.4 Å². The standard InChI is InChI=1S/C36H40BrN3O6S/c1-36(2,3)38-35(42)31(22-26-13-8-6-9-14-26)39(24-27-15-12-16-28(37)21-27)34(41)25-40(47(43,44)30-17-10-7-11-18-30)29-19-20-32(45-4)33(23-29)46-5/h6-21,23,31H,22,24-25H2,1-5H3,(H,38,42). The van der Waals surface area contributed by atoms with Crippen molar-refractivity contribution in [3.63, 3.8) is 0 Å². The largest absolute Gasteiger partial charge is 0.493 e. The maximum Gasteiger partial charge on any atom is 0.264 e. The first-order valence-electron chi connectivity index (χ1n) is 15.0. The van der Waals surface area contributed by atoms with Gasteiger partial charge in [-0.1, -0.05) is 76.6 Å². The number of carbonyl (C=O) groups excluding carboxylic acids is 2. The number of amides is 2. The number of anilines is 1. The van der Waals surface area contributed by atoms with Crippen LogP contribution in [0.5, 0.6) is 11.5 Å². The lowest BCUT2D eigenvalue weighted by Gasteiger charge is -2.35. The number of hydrogen-bond donors (Lipinski definition) is 1. The average Bonchev–Trinajstić information content (AvgIpc) is 3.04. The number of carbonyl (C=O) groups is 2. The van der Waals surface area contributed by atoms with Crippen LogP contribution < -0.4 is 19.1 Å². The van der Waals surface area contributed by atoms with E-state index in [0.717, 1.165) is 19.9 Å². The van der Waals surface area contributed by atoms with Gasteiger partial charge in [-0.3, -0.25) is 13.9 Å². The van der Waals surface area contributed by atoms with Crippen molar-refractivity contribution in [3.8, 4) is 11.5 Å². The number of rotatable bonds is 13. The van der Waals surface area contributed by atoms with Crippen LogP contribution in [-0.4, -0.2) is 57.5 Å². The molecule has 2 amide bonds. The van der Waals surface area contributed by atoms with E-state index in [2.05, 4.69) is 21.2 Å². The minimum Gasteiger partial charge on any atom is -0.493 e. The summed E-state index contributed by atoms with van der Waals surface area (Å²) in [6.07, 6.45) is 0.213. The van der Waals surface area contributed by atoms with Gasteiger partial charge < -0.3 is 19.7 Å². The Morgan fingerprint density at radius 2 is 1.43 bits per heavy atom. The zero-order chi connectivity index (χ0) is 34.2. The molecule has 47 heavy (non-hydrogen) atoms. The van der Waals surface area contributed by atoms with Crippen LogP contribution >= 0.6 is 15.9 Å². The second-order valence-corrected chi connectivity index (χ2v) is 14.7. The van der Waals surface area contributed by atoms with Crippen molar-refractivity contribution in [2.24, 2.45) is 0 Å². The number of halogens is 1. The van der Waals surface area contributed by atoms with Crippen molar-refractivity contribution < 1.29 is 27.5 Å². The Balaban J connectivity index is 1.85. The van der Waals surface area contributed by atoms with Crippen LogP contribution in [0.4, 0.5) is 5.69 Å². The number of benzene rings is 4. The van der Waals surface area contributed by atoms with Gasteiger partial charge in [0.1, 0.15) is 12.6 Å². The van der Waals surface area contributed by atoms with Gasteiger partial charge in [-0.05, 0) is 68.3 Å². The molecule has 11 heteroatoms. The van der Waals surface area contributed by atoms with Crippen LogP contribution in [-0.2, 0) is 32.6 Å². The zero-order valence-corrected chi connectivity index (χ0v) is 29.5. The lowest BCUT2D eigenvalue weighted by atomic mass is 10.0. The summed E-state index contributed by atoms with van der Waals surface area (Å²) in [7, 11) is -1.33. The highest BCUT2D eigenvalue weighted by atomic mass is 79.9. The topological polar surface area (TPSA) is 105 Å². The Hall–Kier alpha value is -4.35.